The van der Waals surface area contributed by atoms with Crippen LogP contribution in [0.2, 0.25) is 0 Å². The van der Waals surface area contributed by atoms with Gasteiger partial charge in [0.1, 0.15) is 5.75 Å². The molecule has 0 unspecified atom stereocenters. The molecule has 0 amide bonds. The third kappa shape index (κ3) is 3.89. The third-order valence-corrected chi connectivity index (χ3v) is 5.80. The lowest BCUT2D eigenvalue weighted by Gasteiger charge is -2.33. The van der Waals surface area contributed by atoms with Crippen LogP contribution in [0.15, 0.2) is 36.4 Å². The number of methoxy groups -OCH3 is 1. The van der Waals surface area contributed by atoms with Crippen LogP contribution in [0.1, 0.15) is 69.4 Å². The standard InChI is InChI=1S/C23H31IO/c1-8-17-18(9-2)21(25-7)20(15-19(17)23(5,6)24)22(3,4)16-13-11-10-12-14-16/h10-15H,8-9H2,1-7H3. The molecule has 0 aromatic heterocycles. The van der Waals surface area contributed by atoms with Crippen LogP contribution in [0.25, 0.3) is 0 Å². The molecule has 0 spiro atoms. The van der Waals surface area contributed by atoms with Crippen molar-refractivity contribution in [2.45, 2.75) is 63.2 Å². The summed E-state index contributed by atoms with van der Waals surface area (Å²) in [6.45, 7) is 13.7. The van der Waals surface area contributed by atoms with E-state index in [1.807, 2.05) is 7.11 Å². The molecule has 0 atom stereocenters. The van der Waals surface area contributed by atoms with Crippen molar-refractivity contribution >= 4 is 22.6 Å². The maximum absolute atomic E-state index is 5.98. The van der Waals surface area contributed by atoms with Gasteiger partial charge in [-0.05, 0) is 55.0 Å². The Bertz CT molecular complexity index is 724. The highest BCUT2D eigenvalue weighted by Gasteiger charge is 2.32. The van der Waals surface area contributed by atoms with Crippen LogP contribution < -0.4 is 4.74 Å². The van der Waals surface area contributed by atoms with Crippen molar-refractivity contribution in [2.24, 2.45) is 0 Å². The number of ether oxygens (including phenoxy) is 1. The van der Waals surface area contributed by atoms with Crippen LogP contribution in [-0.4, -0.2) is 7.11 Å². The minimum Gasteiger partial charge on any atom is -0.496 e. The number of alkyl halides is 1. The average molecular weight is 450 g/mol. The van der Waals surface area contributed by atoms with Crippen molar-refractivity contribution < 1.29 is 4.74 Å². The molecule has 0 saturated carbocycles. The molecule has 25 heavy (non-hydrogen) atoms. The summed E-state index contributed by atoms with van der Waals surface area (Å²) in [5, 5.41) is 0. The van der Waals surface area contributed by atoms with Gasteiger partial charge in [0.2, 0.25) is 0 Å². The second kappa shape index (κ2) is 7.69. The highest BCUT2D eigenvalue weighted by molar-refractivity contribution is 14.1. The zero-order valence-corrected chi connectivity index (χ0v) is 18.8. The predicted molar refractivity (Wildman–Crippen MR) is 117 cm³/mol. The van der Waals surface area contributed by atoms with E-state index in [9.17, 15) is 0 Å². The molecule has 0 aliphatic carbocycles. The van der Waals surface area contributed by atoms with Crippen LogP contribution in [0.3, 0.4) is 0 Å². The summed E-state index contributed by atoms with van der Waals surface area (Å²) >= 11 is 2.57. The average Bonchev–Trinajstić information content (AvgIpc) is 2.59. The monoisotopic (exact) mass is 450 g/mol. The summed E-state index contributed by atoms with van der Waals surface area (Å²) < 4.78 is 6.07. The summed E-state index contributed by atoms with van der Waals surface area (Å²) in [4.78, 5) is 0. The van der Waals surface area contributed by atoms with Gasteiger partial charge in [-0.2, -0.15) is 0 Å². The van der Waals surface area contributed by atoms with E-state index in [-0.39, 0.29) is 8.84 Å². The van der Waals surface area contributed by atoms with Gasteiger partial charge in [-0.15, -0.1) is 0 Å². The molecule has 136 valence electrons. The fourth-order valence-corrected chi connectivity index (χ4v) is 4.26. The Hall–Kier alpha value is -1.03. The van der Waals surface area contributed by atoms with Crippen molar-refractivity contribution in [2.75, 3.05) is 7.11 Å². The molecule has 0 fully saturated rings. The van der Waals surface area contributed by atoms with Gasteiger partial charge < -0.3 is 4.74 Å². The summed E-state index contributed by atoms with van der Waals surface area (Å²) in [5.74, 6) is 1.07. The molecule has 2 rings (SSSR count). The van der Waals surface area contributed by atoms with Crippen LogP contribution in [0.5, 0.6) is 5.75 Å². The zero-order chi connectivity index (χ0) is 18.8. The fourth-order valence-electron chi connectivity index (χ4n) is 3.78. The lowest BCUT2D eigenvalue weighted by atomic mass is 9.74. The molecule has 0 heterocycles. The summed E-state index contributed by atoms with van der Waals surface area (Å²) in [6.07, 6.45) is 2.03. The van der Waals surface area contributed by atoms with Gasteiger partial charge in [-0.3, -0.25) is 0 Å². The van der Waals surface area contributed by atoms with Gasteiger partial charge in [0.05, 0.1) is 7.11 Å². The smallest absolute Gasteiger partial charge is 0.126 e. The maximum Gasteiger partial charge on any atom is 0.126 e. The van der Waals surface area contributed by atoms with Gasteiger partial charge in [0, 0.05) is 14.4 Å². The Morgan fingerprint density at radius 1 is 0.880 bits per heavy atom. The number of hydrogen-bond donors (Lipinski definition) is 0. The van der Waals surface area contributed by atoms with Crippen molar-refractivity contribution in [1.29, 1.82) is 0 Å². The SMILES string of the molecule is CCc1c(C(C)(C)I)cc(C(C)(C)c2ccccc2)c(OC)c1CC. The van der Waals surface area contributed by atoms with Gasteiger partial charge in [0.15, 0.2) is 0 Å². The van der Waals surface area contributed by atoms with E-state index in [1.54, 1.807) is 0 Å². The molecule has 1 nitrogen and oxygen atoms in total. The van der Waals surface area contributed by atoms with Crippen LogP contribution in [-0.2, 0) is 21.7 Å². The van der Waals surface area contributed by atoms with Crippen molar-refractivity contribution in [3.63, 3.8) is 0 Å². The summed E-state index contributed by atoms with van der Waals surface area (Å²) in [5.41, 5.74) is 6.75. The van der Waals surface area contributed by atoms with Gasteiger partial charge in [0.25, 0.3) is 0 Å². The molecule has 0 aliphatic heterocycles. The van der Waals surface area contributed by atoms with Gasteiger partial charge >= 0.3 is 0 Å². The molecule has 2 aromatic rings. The second-order valence-electron chi connectivity index (χ2n) is 7.63. The van der Waals surface area contributed by atoms with Gasteiger partial charge in [-0.1, -0.05) is 80.6 Å². The first kappa shape index (κ1) is 20.3. The minimum atomic E-state index is -0.112. The van der Waals surface area contributed by atoms with Crippen molar-refractivity contribution in [1.82, 2.24) is 0 Å². The Morgan fingerprint density at radius 2 is 1.44 bits per heavy atom. The largest absolute Gasteiger partial charge is 0.496 e. The summed E-state index contributed by atoms with van der Waals surface area (Å²) in [7, 11) is 1.81. The lowest BCUT2D eigenvalue weighted by Crippen LogP contribution is -2.23. The molecule has 0 bridgehead atoms. The first-order valence-corrected chi connectivity index (χ1v) is 10.2. The number of hydrogen-bond acceptors (Lipinski definition) is 1. The number of halogens is 1. The van der Waals surface area contributed by atoms with Gasteiger partial charge in [-0.25, -0.2) is 0 Å². The first-order chi connectivity index (χ1) is 11.7. The fraction of sp³-hybridized carbons (Fsp3) is 0.478. The van der Waals surface area contributed by atoms with Crippen molar-refractivity contribution in [3.8, 4) is 5.75 Å². The maximum atomic E-state index is 5.98. The van der Waals surface area contributed by atoms with E-state index in [1.165, 1.54) is 27.8 Å². The van der Waals surface area contributed by atoms with Crippen molar-refractivity contribution in [3.05, 3.63) is 64.2 Å². The van der Waals surface area contributed by atoms with E-state index < -0.39 is 0 Å². The Balaban J connectivity index is 2.85. The molecular weight excluding hydrogens is 419 g/mol. The normalized spacial score (nSPS) is 12.3. The number of benzene rings is 2. The lowest BCUT2D eigenvalue weighted by molar-refractivity contribution is 0.395. The molecule has 0 radical (unpaired) electrons. The van der Waals surface area contributed by atoms with Crippen LogP contribution in [0, 0.1) is 0 Å². The molecule has 0 N–H and O–H groups in total. The van der Waals surface area contributed by atoms with Crippen LogP contribution in [0.4, 0.5) is 0 Å². The van der Waals surface area contributed by atoms with E-state index >= 15 is 0 Å². The quantitative estimate of drug-likeness (QED) is 0.347. The minimum absolute atomic E-state index is 0.0841. The Labute approximate surface area is 167 Å². The number of rotatable bonds is 6. The highest BCUT2D eigenvalue weighted by atomic mass is 127. The molecule has 0 saturated heterocycles. The van der Waals surface area contributed by atoms with Crippen LogP contribution >= 0.6 is 22.6 Å². The highest BCUT2D eigenvalue weighted by Crippen LogP contribution is 2.45. The van der Waals surface area contributed by atoms with E-state index in [2.05, 4.69) is 101 Å². The predicted octanol–water partition coefficient (Wildman–Crippen LogP) is 6.82. The molecule has 0 aliphatic rings. The van der Waals surface area contributed by atoms with E-state index in [4.69, 9.17) is 4.74 Å². The second-order valence-corrected chi connectivity index (χ2v) is 10.3. The topological polar surface area (TPSA) is 9.23 Å². The Kier molecular flexibility index (Phi) is 6.24. The molecule has 2 heteroatoms. The zero-order valence-electron chi connectivity index (χ0n) is 16.7. The van der Waals surface area contributed by atoms with E-state index in [0.29, 0.717) is 0 Å². The molecule has 2 aromatic carbocycles. The first-order valence-electron chi connectivity index (χ1n) is 9.16. The third-order valence-electron chi connectivity index (χ3n) is 5.22. The Morgan fingerprint density at radius 3 is 1.88 bits per heavy atom. The molecular formula is C23H31IO. The summed E-state index contributed by atoms with van der Waals surface area (Å²) in [6, 6.07) is 13.1. The van der Waals surface area contributed by atoms with E-state index in [0.717, 1.165) is 18.6 Å².